The zero-order chi connectivity index (χ0) is 34.4. The maximum atomic E-state index is 9.60. The van der Waals surface area contributed by atoms with E-state index in [2.05, 4.69) is 117 Å². The SMILES string of the molecule is CC(C)(C)C(=[OH+])/C=C(\O)C(C)(C)C.CC1(C)c2ccccc2-c2c(-c3cc[c-]c(-c4nccc5c4ccc4ccccc45)c3)cccc21.[Ir]. The Morgan fingerprint density at radius 1 is 0.735 bits per heavy atom. The average Bonchev–Trinajstić information content (AvgIpc) is 3.30. The third kappa shape index (κ3) is 6.91. The van der Waals surface area contributed by atoms with Gasteiger partial charge in [-0.3, -0.25) is 4.79 Å². The predicted octanol–water partition coefficient (Wildman–Crippen LogP) is 11.9. The largest absolute Gasteiger partial charge is 0.511 e. The van der Waals surface area contributed by atoms with E-state index in [-0.39, 0.29) is 47.9 Å². The standard InChI is InChI=1S/C34H24N.C11H20O2.Ir/c1-34(2)30-15-6-5-13-29(30)32-26(14-8-16-31(32)34)23-10-7-11-24(21-23)33-28-18-17-22-9-3-4-12-25(22)27(28)19-20-35-33;1-10(2,3)8(12)7-9(13)11(4,5)6;/h3-10,12-21H,1-2H3;7,12H,1-6H3;/q-1;;/p+1/b;8-7-;. The molecule has 0 saturated carbocycles. The second-order valence-electron chi connectivity index (χ2n) is 15.3. The molecule has 0 amide bonds. The van der Waals surface area contributed by atoms with Crippen LogP contribution < -0.4 is 0 Å². The Bertz CT molecular complexity index is 2210. The number of fused-ring (bicyclic) bond motifs is 6. The topological polar surface area (TPSA) is 54.5 Å². The molecule has 6 aromatic rings. The fraction of sp³-hybridized carbons (Fsp3) is 0.244. The van der Waals surface area contributed by atoms with E-state index in [4.69, 9.17) is 4.98 Å². The zero-order valence-corrected chi connectivity index (χ0v) is 32.0. The number of carbonyl (C=O) groups excluding carboxylic acids is 1. The molecule has 0 spiro atoms. The molecule has 7 rings (SSSR count). The van der Waals surface area contributed by atoms with Gasteiger partial charge in [-0.15, -0.1) is 35.4 Å². The molecule has 1 heterocycles. The van der Waals surface area contributed by atoms with Crippen LogP contribution >= 0.6 is 0 Å². The van der Waals surface area contributed by atoms with Crippen molar-refractivity contribution in [2.24, 2.45) is 10.8 Å². The number of rotatable bonds is 3. The number of ketones is 1. The monoisotopic (exact) mass is 824 g/mol. The van der Waals surface area contributed by atoms with Crippen LogP contribution in [0.1, 0.15) is 66.5 Å². The van der Waals surface area contributed by atoms with Gasteiger partial charge in [0.2, 0.25) is 0 Å². The number of hydrogen-bond donors (Lipinski definition) is 1. The van der Waals surface area contributed by atoms with Gasteiger partial charge in [0.25, 0.3) is 0 Å². The summed E-state index contributed by atoms with van der Waals surface area (Å²) < 4.78 is 0. The molecule has 0 unspecified atom stereocenters. The Hall–Kier alpha value is -4.37. The molecule has 3 nitrogen and oxygen atoms in total. The van der Waals surface area contributed by atoms with Gasteiger partial charge in [0.1, 0.15) is 5.76 Å². The minimum Gasteiger partial charge on any atom is -0.511 e. The molecule has 49 heavy (non-hydrogen) atoms. The summed E-state index contributed by atoms with van der Waals surface area (Å²) >= 11 is 0. The van der Waals surface area contributed by atoms with Crippen LogP contribution in [0.3, 0.4) is 0 Å². The van der Waals surface area contributed by atoms with E-state index >= 15 is 0 Å². The molecular formula is C45H45IrNO2. The fourth-order valence-corrected chi connectivity index (χ4v) is 6.48. The Morgan fingerprint density at radius 2 is 1.41 bits per heavy atom. The number of allylic oxidation sites excluding steroid dienone is 2. The summed E-state index contributed by atoms with van der Waals surface area (Å²) in [6, 6.07) is 40.5. The molecule has 1 aliphatic rings. The first kappa shape index (κ1) is 35.9. The Balaban J connectivity index is 0.000000288. The van der Waals surface area contributed by atoms with Gasteiger partial charge in [-0.25, -0.2) is 0 Å². The number of aromatic nitrogens is 1. The van der Waals surface area contributed by atoms with Gasteiger partial charge < -0.3 is 10.1 Å². The zero-order valence-electron chi connectivity index (χ0n) is 29.6. The van der Waals surface area contributed by atoms with Crippen LogP contribution in [0.25, 0.3) is 55.1 Å². The van der Waals surface area contributed by atoms with E-state index in [9.17, 15) is 9.90 Å². The summed E-state index contributed by atoms with van der Waals surface area (Å²) in [6.07, 6.45) is 3.36. The minimum absolute atomic E-state index is 0. The van der Waals surface area contributed by atoms with Gasteiger partial charge >= 0.3 is 5.78 Å². The third-order valence-corrected chi connectivity index (χ3v) is 9.46. The van der Waals surface area contributed by atoms with Crippen molar-refractivity contribution in [3.8, 4) is 33.5 Å². The number of benzene rings is 5. The summed E-state index contributed by atoms with van der Waals surface area (Å²) in [5, 5.41) is 14.5. The molecule has 0 aliphatic heterocycles. The van der Waals surface area contributed by atoms with E-state index < -0.39 is 0 Å². The van der Waals surface area contributed by atoms with Crippen molar-refractivity contribution in [2.75, 3.05) is 0 Å². The average molecular weight is 824 g/mol. The molecule has 0 bridgehead atoms. The first-order valence-corrected chi connectivity index (χ1v) is 16.7. The summed E-state index contributed by atoms with van der Waals surface area (Å²) in [6.45, 7) is 16.0. The first-order valence-electron chi connectivity index (χ1n) is 16.7. The van der Waals surface area contributed by atoms with Crippen LogP contribution in [0.4, 0.5) is 0 Å². The summed E-state index contributed by atoms with van der Waals surface area (Å²) in [5.41, 5.74) is 9.31. The van der Waals surface area contributed by atoms with Gasteiger partial charge in [0.05, 0.1) is 11.5 Å². The van der Waals surface area contributed by atoms with Crippen LogP contribution in [0.15, 0.2) is 121 Å². The van der Waals surface area contributed by atoms with E-state index in [0.717, 1.165) is 16.6 Å². The van der Waals surface area contributed by atoms with Gasteiger partial charge in [-0.1, -0.05) is 113 Å². The van der Waals surface area contributed by atoms with Gasteiger partial charge in [0, 0.05) is 37.1 Å². The quantitative estimate of drug-likeness (QED) is 0.0635. The van der Waals surface area contributed by atoms with Crippen LogP contribution in [-0.2, 0) is 25.5 Å². The third-order valence-electron chi connectivity index (χ3n) is 9.46. The normalized spacial score (nSPS) is 13.6. The van der Waals surface area contributed by atoms with Crippen LogP contribution in [0, 0.1) is 16.9 Å². The fourth-order valence-electron chi connectivity index (χ4n) is 6.48. The van der Waals surface area contributed by atoms with Gasteiger partial charge in [0.15, 0.2) is 0 Å². The second kappa shape index (κ2) is 13.5. The van der Waals surface area contributed by atoms with Crippen molar-refractivity contribution in [1.29, 1.82) is 0 Å². The van der Waals surface area contributed by atoms with E-state index in [1.807, 2.05) is 53.8 Å². The second-order valence-corrected chi connectivity index (χ2v) is 15.3. The summed E-state index contributed by atoms with van der Waals surface area (Å²) in [4.78, 5) is 14.4. The Morgan fingerprint density at radius 3 is 2.14 bits per heavy atom. The number of nitrogens with zero attached hydrogens (tertiary/aromatic N) is 1. The molecule has 251 valence electrons. The van der Waals surface area contributed by atoms with E-state index in [1.165, 1.54) is 55.6 Å². The number of aliphatic hydroxyl groups is 1. The van der Waals surface area contributed by atoms with Crippen LogP contribution in [0.2, 0.25) is 0 Å². The molecule has 4 heteroatoms. The van der Waals surface area contributed by atoms with Crippen LogP contribution in [-0.4, -0.2) is 20.7 Å². The van der Waals surface area contributed by atoms with Crippen molar-refractivity contribution >= 4 is 27.3 Å². The summed E-state index contributed by atoms with van der Waals surface area (Å²) in [7, 11) is 0. The molecule has 1 aliphatic carbocycles. The minimum atomic E-state index is -0.306. The number of aliphatic hydroxyl groups excluding tert-OH is 1. The summed E-state index contributed by atoms with van der Waals surface area (Å²) in [5.74, 6) is 0.417. The molecular weight excluding hydrogens is 779 g/mol. The van der Waals surface area contributed by atoms with Crippen molar-refractivity contribution in [3.63, 3.8) is 0 Å². The predicted molar refractivity (Wildman–Crippen MR) is 203 cm³/mol. The van der Waals surface area contributed by atoms with Crippen molar-refractivity contribution in [2.45, 2.75) is 60.8 Å². The maximum Gasteiger partial charge on any atom is 0.325 e. The molecule has 2 N–H and O–H groups in total. The van der Waals surface area contributed by atoms with Crippen molar-refractivity contribution in [1.82, 2.24) is 4.98 Å². The number of hydrogen-bond acceptors (Lipinski definition) is 2. The molecule has 5 aromatic carbocycles. The van der Waals surface area contributed by atoms with Crippen molar-refractivity contribution < 1.29 is 30.0 Å². The molecule has 1 radical (unpaired) electrons. The smallest absolute Gasteiger partial charge is 0.325 e. The Kier molecular flexibility index (Phi) is 9.90. The van der Waals surface area contributed by atoms with Gasteiger partial charge in [-0.05, 0) is 81.9 Å². The number of pyridine rings is 1. The Labute approximate surface area is 304 Å². The first-order chi connectivity index (χ1) is 22.7. The molecule has 0 fully saturated rings. The molecule has 0 saturated heterocycles. The van der Waals surface area contributed by atoms with E-state index in [1.54, 1.807) is 0 Å². The molecule has 1 aromatic heterocycles. The van der Waals surface area contributed by atoms with Crippen LogP contribution in [0.5, 0.6) is 0 Å². The maximum absolute atomic E-state index is 9.60. The van der Waals surface area contributed by atoms with Crippen molar-refractivity contribution in [3.05, 3.63) is 138 Å². The molecule has 0 atom stereocenters. The van der Waals surface area contributed by atoms with Gasteiger partial charge in [-0.2, -0.15) is 0 Å². The van der Waals surface area contributed by atoms with E-state index in [0.29, 0.717) is 0 Å².